The minimum absolute atomic E-state index is 0.117. The van der Waals surface area contributed by atoms with Crippen LogP contribution in [0.4, 0.5) is 5.69 Å². The van der Waals surface area contributed by atoms with Gasteiger partial charge in [0, 0.05) is 23.1 Å². The highest BCUT2D eigenvalue weighted by Crippen LogP contribution is 2.36. The first-order chi connectivity index (χ1) is 12.7. The van der Waals surface area contributed by atoms with Crippen molar-refractivity contribution in [3.63, 3.8) is 0 Å². The molecule has 2 aromatic heterocycles. The van der Waals surface area contributed by atoms with Gasteiger partial charge in [-0.2, -0.15) is 0 Å². The largest absolute Gasteiger partial charge is 0.302 e. The van der Waals surface area contributed by atoms with Crippen LogP contribution in [0.15, 0.2) is 57.1 Å². The molecule has 0 amide bonds. The molecule has 0 saturated carbocycles. The normalized spacial score (nSPS) is 11.1. The van der Waals surface area contributed by atoms with Crippen LogP contribution in [0.3, 0.4) is 0 Å². The molecule has 0 aliphatic heterocycles. The number of nitro groups is 1. The van der Waals surface area contributed by atoms with E-state index in [1.54, 1.807) is 6.07 Å². The van der Waals surface area contributed by atoms with Crippen molar-refractivity contribution in [2.45, 2.75) is 23.5 Å². The Kier molecular flexibility index (Phi) is 4.09. The molecule has 0 aliphatic rings. The van der Waals surface area contributed by atoms with E-state index in [2.05, 4.69) is 20.5 Å². The SMILES string of the molecule is CCn1c(Sc2ccc([N+](=O)[O-])c3nonc23)nnc1-c1ccccc1. The second-order valence-electron chi connectivity index (χ2n) is 5.32. The molecule has 4 rings (SSSR count). The third kappa shape index (κ3) is 2.69. The highest BCUT2D eigenvalue weighted by Gasteiger charge is 2.22. The Morgan fingerprint density at radius 3 is 2.62 bits per heavy atom. The number of hydrogen-bond acceptors (Lipinski definition) is 8. The Bertz CT molecular complexity index is 1090. The van der Waals surface area contributed by atoms with Gasteiger partial charge in [-0.1, -0.05) is 30.3 Å². The Morgan fingerprint density at radius 1 is 1.12 bits per heavy atom. The average molecular weight is 368 g/mol. The molecule has 0 fully saturated rings. The minimum atomic E-state index is -0.511. The van der Waals surface area contributed by atoms with Crippen molar-refractivity contribution in [2.75, 3.05) is 0 Å². The molecule has 0 atom stereocenters. The van der Waals surface area contributed by atoms with Gasteiger partial charge < -0.3 is 4.57 Å². The van der Waals surface area contributed by atoms with Gasteiger partial charge in [-0.15, -0.1) is 10.2 Å². The Hall–Kier alpha value is -3.27. The lowest BCUT2D eigenvalue weighted by molar-refractivity contribution is -0.383. The molecule has 0 aliphatic carbocycles. The molecule has 0 bridgehead atoms. The van der Waals surface area contributed by atoms with Crippen LogP contribution in [-0.4, -0.2) is 30.0 Å². The maximum Gasteiger partial charge on any atom is 0.300 e. The smallest absolute Gasteiger partial charge is 0.300 e. The van der Waals surface area contributed by atoms with E-state index in [1.807, 2.05) is 41.8 Å². The molecule has 0 unspecified atom stereocenters. The number of non-ortho nitro benzene ring substituents is 1. The predicted octanol–water partition coefficient (Wildman–Crippen LogP) is 3.56. The highest BCUT2D eigenvalue weighted by atomic mass is 32.2. The molecule has 4 aromatic rings. The molecule has 10 heteroatoms. The van der Waals surface area contributed by atoms with E-state index in [-0.39, 0.29) is 11.2 Å². The van der Waals surface area contributed by atoms with E-state index in [1.165, 1.54) is 17.8 Å². The Balaban J connectivity index is 1.76. The molecule has 2 aromatic carbocycles. The van der Waals surface area contributed by atoms with E-state index in [0.29, 0.717) is 22.1 Å². The van der Waals surface area contributed by atoms with Crippen molar-refractivity contribution < 1.29 is 9.55 Å². The third-order valence-corrected chi connectivity index (χ3v) is 4.85. The van der Waals surface area contributed by atoms with Gasteiger partial charge in [0.25, 0.3) is 0 Å². The van der Waals surface area contributed by atoms with Crippen LogP contribution in [-0.2, 0) is 6.54 Å². The molecular weight excluding hydrogens is 356 g/mol. The lowest BCUT2D eigenvalue weighted by Gasteiger charge is -2.07. The van der Waals surface area contributed by atoms with Crippen LogP contribution >= 0.6 is 11.8 Å². The summed E-state index contributed by atoms with van der Waals surface area (Å²) in [5, 5.41) is 27.8. The van der Waals surface area contributed by atoms with Crippen molar-refractivity contribution in [2.24, 2.45) is 0 Å². The van der Waals surface area contributed by atoms with Crippen molar-refractivity contribution in [1.82, 2.24) is 25.1 Å². The van der Waals surface area contributed by atoms with Crippen molar-refractivity contribution in [3.8, 4) is 11.4 Å². The summed E-state index contributed by atoms with van der Waals surface area (Å²) in [6.45, 7) is 2.68. The maximum absolute atomic E-state index is 11.1. The zero-order valence-corrected chi connectivity index (χ0v) is 14.4. The molecule has 0 radical (unpaired) electrons. The minimum Gasteiger partial charge on any atom is -0.302 e. The fourth-order valence-corrected chi connectivity index (χ4v) is 3.58. The van der Waals surface area contributed by atoms with E-state index in [9.17, 15) is 10.1 Å². The van der Waals surface area contributed by atoms with E-state index < -0.39 is 4.92 Å². The first kappa shape index (κ1) is 16.2. The number of hydrogen-bond donors (Lipinski definition) is 0. The van der Waals surface area contributed by atoms with Crippen molar-refractivity contribution in [3.05, 3.63) is 52.6 Å². The van der Waals surface area contributed by atoms with Gasteiger partial charge >= 0.3 is 5.69 Å². The van der Waals surface area contributed by atoms with Gasteiger partial charge in [0.15, 0.2) is 16.5 Å². The summed E-state index contributed by atoms with van der Waals surface area (Å²) in [6, 6.07) is 12.8. The van der Waals surface area contributed by atoms with Gasteiger partial charge in [-0.3, -0.25) is 10.1 Å². The average Bonchev–Trinajstić information content (AvgIpc) is 3.29. The van der Waals surface area contributed by atoms with Gasteiger partial charge in [0.1, 0.15) is 0 Å². The van der Waals surface area contributed by atoms with Gasteiger partial charge in [-0.05, 0) is 35.1 Å². The first-order valence-electron chi connectivity index (χ1n) is 7.75. The number of nitrogens with zero attached hydrogens (tertiary/aromatic N) is 6. The molecule has 130 valence electrons. The summed E-state index contributed by atoms with van der Waals surface area (Å²) >= 11 is 1.31. The van der Waals surface area contributed by atoms with E-state index >= 15 is 0 Å². The Labute approximate surface area is 151 Å². The summed E-state index contributed by atoms with van der Waals surface area (Å²) < 4.78 is 6.68. The first-order valence-corrected chi connectivity index (χ1v) is 8.56. The highest BCUT2D eigenvalue weighted by molar-refractivity contribution is 7.99. The van der Waals surface area contributed by atoms with Crippen LogP contribution in [0.25, 0.3) is 22.4 Å². The number of benzene rings is 2. The molecule has 2 heterocycles. The summed E-state index contributed by atoms with van der Waals surface area (Å²) in [7, 11) is 0. The fraction of sp³-hybridized carbons (Fsp3) is 0.125. The second kappa shape index (κ2) is 6.56. The third-order valence-electron chi connectivity index (χ3n) is 3.82. The molecule has 0 spiro atoms. The van der Waals surface area contributed by atoms with Crippen molar-refractivity contribution >= 4 is 28.5 Å². The molecule has 26 heavy (non-hydrogen) atoms. The topological polar surface area (TPSA) is 113 Å². The second-order valence-corrected chi connectivity index (χ2v) is 6.33. The number of nitro benzene ring substituents is 1. The predicted molar refractivity (Wildman–Crippen MR) is 93.7 cm³/mol. The van der Waals surface area contributed by atoms with Crippen LogP contribution in [0, 0.1) is 10.1 Å². The van der Waals surface area contributed by atoms with E-state index in [0.717, 1.165) is 11.4 Å². The monoisotopic (exact) mass is 368 g/mol. The molecular formula is C16H12N6O3S. The van der Waals surface area contributed by atoms with Gasteiger partial charge in [-0.25, -0.2) is 4.63 Å². The quantitative estimate of drug-likeness (QED) is 0.388. The summed E-state index contributed by atoms with van der Waals surface area (Å²) in [4.78, 5) is 11.3. The summed E-state index contributed by atoms with van der Waals surface area (Å²) in [5.74, 6) is 0.757. The van der Waals surface area contributed by atoms with Crippen LogP contribution in [0.5, 0.6) is 0 Å². The summed E-state index contributed by atoms with van der Waals surface area (Å²) in [5.41, 5.74) is 1.26. The van der Waals surface area contributed by atoms with Crippen molar-refractivity contribution in [1.29, 1.82) is 0 Å². The standard InChI is InChI=1S/C16H12N6O3S/c1-2-21-15(10-6-4-3-5-7-10)17-18-16(21)26-12-9-8-11(22(23)24)13-14(12)20-25-19-13/h3-9H,2H2,1H3. The lowest BCUT2D eigenvalue weighted by Crippen LogP contribution is -1.99. The number of aromatic nitrogens is 5. The molecule has 0 saturated heterocycles. The molecule has 0 N–H and O–H groups in total. The maximum atomic E-state index is 11.1. The zero-order chi connectivity index (χ0) is 18.1. The van der Waals surface area contributed by atoms with Crippen LogP contribution in [0.1, 0.15) is 6.92 Å². The van der Waals surface area contributed by atoms with Gasteiger partial charge in [0.2, 0.25) is 5.52 Å². The summed E-state index contributed by atoms with van der Waals surface area (Å²) in [6.07, 6.45) is 0. The Morgan fingerprint density at radius 2 is 1.88 bits per heavy atom. The zero-order valence-electron chi connectivity index (χ0n) is 13.6. The number of fused-ring (bicyclic) bond motifs is 1. The lowest BCUT2D eigenvalue weighted by atomic mass is 10.2. The molecule has 9 nitrogen and oxygen atoms in total. The van der Waals surface area contributed by atoms with Crippen LogP contribution < -0.4 is 0 Å². The van der Waals surface area contributed by atoms with Gasteiger partial charge in [0.05, 0.1) is 4.92 Å². The van der Waals surface area contributed by atoms with E-state index in [4.69, 9.17) is 4.63 Å². The number of rotatable bonds is 5. The van der Waals surface area contributed by atoms with Crippen LogP contribution in [0.2, 0.25) is 0 Å². The fourth-order valence-electron chi connectivity index (χ4n) is 2.61.